The third kappa shape index (κ3) is 1.43. The Balaban J connectivity index is 1.77. The van der Waals surface area contributed by atoms with Gasteiger partial charge in [0.05, 0.1) is 17.5 Å². The molecule has 1 saturated heterocycles. The number of anilines is 1. The summed E-state index contributed by atoms with van der Waals surface area (Å²) >= 11 is 3.38. The first-order valence-electron chi connectivity index (χ1n) is 6.48. The summed E-state index contributed by atoms with van der Waals surface area (Å²) in [6.45, 7) is 0. The molecule has 1 saturated carbocycles. The largest absolute Gasteiger partial charge is 0.274 e. The van der Waals surface area contributed by atoms with E-state index in [2.05, 4.69) is 28.1 Å². The Labute approximate surface area is 119 Å². The van der Waals surface area contributed by atoms with E-state index < -0.39 is 0 Å². The van der Waals surface area contributed by atoms with E-state index >= 15 is 0 Å². The summed E-state index contributed by atoms with van der Waals surface area (Å²) in [5.74, 6) is 0.241. The maximum Gasteiger partial charge on any atom is 0.238 e. The molecule has 0 N–H and O–H groups in total. The van der Waals surface area contributed by atoms with Crippen LogP contribution in [0.1, 0.15) is 6.42 Å². The fourth-order valence-electron chi connectivity index (χ4n) is 3.77. The molecule has 3 aliphatic rings. The van der Waals surface area contributed by atoms with Crippen molar-refractivity contribution in [2.75, 3.05) is 4.90 Å². The zero-order valence-corrected chi connectivity index (χ0v) is 11.7. The maximum atomic E-state index is 12.6. The van der Waals surface area contributed by atoms with Crippen LogP contribution in [0.2, 0.25) is 0 Å². The Morgan fingerprint density at radius 2 is 1.68 bits per heavy atom. The highest BCUT2D eigenvalue weighted by molar-refractivity contribution is 9.10. The predicted octanol–water partition coefficient (Wildman–Crippen LogP) is 2.76. The molecule has 1 aromatic rings. The van der Waals surface area contributed by atoms with Gasteiger partial charge in [-0.2, -0.15) is 0 Å². The smallest absolute Gasteiger partial charge is 0.238 e. The van der Waals surface area contributed by atoms with Crippen LogP contribution in [0, 0.1) is 23.7 Å². The van der Waals surface area contributed by atoms with Gasteiger partial charge in [0.2, 0.25) is 11.8 Å². The minimum atomic E-state index is -0.124. The second kappa shape index (κ2) is 3.79. The normalized spacial score (nSPS) is 35.3. The Bertz CT molecular complexity index is 594. The van der Waals surface area contributed by atoms with Gasteiger partial charge in [-0.3, -0.25) is 9.59 Å². The number of benzene rings is 1. The highest BCUT2D eigenvalue weighted by atomic mass is 79.9. The van der Waals surface area contributed by atoms with E-state index in [1.165, 1.54) is 4.90 Å². The average molecular weight is 318 g/mol. The van der Waals surface area contributed by atoms with Gasteiger partial charge in [0.1, 0.15) is 0 Å². The van der Waals surface area contributed by atoms with Gasteiger partial charge in [0.15, 0.2) is 0 Å². The molecule has 96 valence electrons. The van der Waals surface area contributed by atoms with Crippen molar-refractivity contribution in [3.8, 4) is 0 Å². The van der Waals surface area contributed by atoms with Gasteiger partial charge in [0, 0.05) is 4.47 Å². The topological polar surface area (TPSA) is 37.4 Å². The summed E-state index contributed by atoms with van der Waals surface area (Å²) in [6.07, 6.45) is 5.20. The van der Waals surface area contributed by atoms with E-state index in [9.17, 15) is 9.59 Å². The molecule has 0 aromatic heterocycles. The highest BCUT2D eigenvalue weighted by Gasteiger charge is 2.59. The van der Waals surface area contributed by atoms with Crippen molar-refractivity contribution >= 4 is 33.4 Å². The quantitative estimate of drug-likeness (QED) is 0.590. The molecule has 2 fully saturated rings. The predicted molar refractivity (Wildman–Crippen MR) is 74.4 cm³/mol. The number of carbonyl (C=O) groups is 2. The fourth-order valence-corrected chi connectivity index (χ4v) is 4.16. The molecular weight excluding hydrogens is 306 g/mol. The summed E-state index contributed by atoms with van der Waals surface area (Å²) in [7, 11) is 0. The molecule has 3 nitrogen and oxygen atoms in total. The van der Waals surface area contributed by atoms with Crippen molar-refractivity contribution in [1.29, 1.82) is 0 Å². The van der Waals surface area contributed by atoms with Gasteiger partial charge in [0.25, 0.3) is 0 Å². The van der Waals surface area contributed by atoms with Gasteiger partial charge in [-0.25, -0.2) is 4.90 Å². The zero-order chi connectivity index (χ0) is 13.1. The van der Waals surface area contributed by atoms with Gasteiger partial charge in [-0.15, -0.1) is 0 Å². The van der Waals surface area contributed by atoms with E-state index in [1.807, 2.05) is 24.3 Å². The lowest BCUT2D eigenvalue weighted by molar-refractivity contribution is -0.123. The molecule has 4 atom stereocenters. The Kier molecular flexibility index (Phi) is 2.28. The van der Waals surface area contributed by atoms with E-state index in [-0.39, 0.29) is 35.5 Å². The molecule has 0 unspecified atom stereocenters. The number of fused-ring (bicyclic) bond motifs is 5. The summed E-state index contributed by atoms with van der Waals surface area (Å²) in [6, 6.07) is 7.38. The molecule has 1 aromatic carbocycles. The second-order valence-corrected chi connectivity index (χ2v) is 6.41. The standard InChI is InChI=1S/C15H12BrNO2/c16-10-2-1-3-11(7-10)17-14(18)12-8-4-5-9(6-8)13(12)15(17)19/h1-5,7-9,12-13H,6H2/t8-,9-,12-,13+/m0/s1. The third-order valence-corrected chi connectivity index (χ3v) is 5.03. The molecule has 2 bridgehead atoms. The molecule has 0 radical (unpaired) electrons. The van der Waals surface area contributed by atoms with E-state index in [4.69, 9.17) is 0 Å². The van der Waals surface area contributed by atoms with Crippen LogP contribution in [-0.4, -0.2) is 11.8 Å². The van der Waals surface area contributed by atoms with Gasteiger partial charge >= 0.3 is 0 Å². The number of hydrogen-bond donors (Lipinski definition) is 0. The third-order valence-electron chi connectivity index (χ3n) is 4.54. The molecule has 2 amide bonds. The van der Waals surface area contributed by atoms with Crippen molar-refractivity contribution in [2.45, 2.75) is 6.42 Å². The number of amides is 2. The van der Waals surface area contributed by atoms with Gasteiger partial charge in [-0.05, 0) is 36.5 Å². The Hall–Kier alpha value is -1.42. The van der Waals surface area contributed by atoms with E-state index in [0.717, 1.165) is 10.9 Å². The van der Waals surface area contributed by atoms with Crippen molar-refractivity contribution in [1.82, 2.24) is 0 Å². The Morgan fingerprint density at radius 3 is 2.26 bits per heavy atom. The van der Waals surface area contributed by atoms with Crippen molar-refractivity contribution in [3.05, 3.63) is 40.9 Å². The first-order valence-corrected chi connectivity index (χ1v) is 7.28. The van der Waals surface area contributed by atoms with Gasteiger partial charge in [-0.1, -0.05) is 34.1 Å². The molecule has 1 heterocycles. The minimum Gasteiger partial charge on any atom is -0.274 e. The number of allylic oxidation sites excluding steroid dienone is 2. The number of imide groups is 1. The SMILES string of the molecule is O=C1[C@@H]2[C@H](C(=O)N1c1cccc(Br)c1)[C@H]1C=C[C@H]2C1. The first kappa shape index (κ1) is 11.4. The number of nitrogens with zero attached hydrogens (tertiary/aromatic N) is 1. The average Bonchev–Trinajstić information content (AvgIpc) is 3.04. The zero-order valence-electron chi connectivity index (χ0n) is 10.1. The maximum absolute atomic E-state index is 12.6. The van der Waals surface area contributed by atoms with Crippen LogP contribution in [0.5, 0.6) is 0 Å². The molecular formula is C15H12BrNO2. The fraction of sp³-hybridized carbons (Fsp3) is 0.333. The number of halogens is 1. The lowest BCUT2D eigenvalue weighted by Gasteiger charge is -2.17. The van der Waals surface area contributed by atoms with Crippen LogP contribution in [0.25, 0.3) is 0 Å². The van der Waals surface area contributed by atoms with E-state index in [1.54, 1.807) is 0 Å². The first-order chi connectivity index (χ1) is 9.16. The number of carbonyl (C=O) groups excluding carboxylic acids is 2. The molecule has 0 spiro atoms. The lowest BCUT2D eigenvalue weighted by Crippen LogP contribution is -2.32. The number of rotatable bonds is 1. The lowest BCUT2D eigenvalue weighted by atomic mass is 9.85. The summed E-state index contributed by atoms with van der Waals surface area (Å²) in [4.78, 5) is 26.5. The van der Waals surface area contributed by atoms with Crippen molar-refractivity contribution < 1.29 is 9.59 Å². The monoisotopic (exact) mass is 317 g/mol. The van der Waals surface area contributed by atoms with Gasteiger partial charge < -0.3 is 0 Å². The summed E-state index contributed by atoms with van der Waals surface area (Å²) < 4.78 is 0.878. The van der Waals surface area contributed by atoms with Crippen molar-refractivity contribution in [2.24, 2.45) is 23.7 Å². The molecule has 1 aliphatic heterocycles. The van der Waals surface area contributed by atoms with Crippen LogP contribution in [-0.2, 0) is 9.59 Å². The highest BCUT2D eigenvalue weighted by Crippen LogP contribution is 2.53. The number of hydrogen-bond acceptors (Lipinski definition) is 2. The molecule has 4 rings (SSSR count). The van der Waals surface area contributed by atoms with E-state index in [0.29, 0.717) is 5.69 Å². The summed E-state index contributed by atoms with van der Waals surface area (Å²) in [5, 5.41) is 0. The van der Waals surface area contributed by atoms with Crippen LogP contribution in [0.4, 0.5) is 5.69 Å². The Morgan fingerprint density at radius 1 is 1.05 bits per heavy atom. The molecule has 4 heteroatoms. The molecule has 19 heavy (non-hydrogen) atoms. The summed E-state index contributed by atoms with van der Waals surface area (Å²) in [5.41, 5.74) is 0.679. The van der Waals surface area contributed by atoms with Crippen molar-refractivity contribution in [3.63, 3.8) is 0 Å². The van der Waals surface area contributed by atoms with Crippen LogP contribution < -0.4 is 4.90 Å². The molecule has 2 aliphatic carbocycles. The minimum absolute atomic E-state index is 0.0232. The second-order valence-electron chi connectivity index (χ2n) is 5.49. The van der Waals surface area contributed by atoms with Crippen LogP contribution in [0.15, 0.2) is 40.9 Å². The van der Waals surface area contributed by atoms with Crippen LogP contribution >= 0.6 is 15.9 Å². The van der Waals surface area contributed by atoms with Crippen LogP contribution in [0.3, 0.4) is 0 Å².